The molecule has 14 heavy (non-hydrogen) atoms. The van der Waals surface area contributed by atoms with Gasteiger partial charge in [0.1, 0.15) is 6.61 Å². The summed E-state index contributed by atoms with van der Waals surface area (Å²) in [6.07, 6.45) is 0. The highest BCUT2D eigenvalue weighted by Gasteiger charge is 2.01. The van der Waals surface area contributed by atoms with Crippen molar-refractivity contribution in [3.63, 3.8) is 0 Å². The highest BCUT2D eigenvalue weighted by atomic mass is 35.5. The van der Waals surface area contributed by atoms with E-state index in [1.165, 1.54) is 18.9 Å². The van der Waals surface area contributed by atoms with E-state index in [9.17, 15) is 4.79 Å². The fraction of sp³-hybridized carbons (Fsp3) is 0.300. The number of hydrogen-bond acceptors (Lipinski definition) is 3. The second-order valence-corrected chi connectivity index (χ2v) is 4.20. The van der Waals surface area contributed by atoms with Crippen LogP contribution in [0.25, 0.3) is 0 Å². The lowest BCUT2D eigenvalue weighted by Gasteiger charge is -2.00. The minimum absolute atomic E-state index is 0.0902. The predicted octanol–water partition coefficient (Wildman–Crippen LogP) is 2.65. The number of thioether (sulfide) groups is 1. The third-order valence-corrected chi connectivity index (χ3v) is 2.84. The number of rotatable bonds is 5. The summed E-state index contributed by atoms with van der Waals surface area (Å²) in [6, 6.07) is 7.41. The maximum absolute atomic E-state index is 11.1. The van der Waals surface area contributed by atoms with Gasteiger partial charge in [-0.05, 0) is 24.3 Å². The number of ketones is 1. The number of carbonyl (C=O) groups excluding carboxylic acids is 1. The van der Waals surface area contributed by atoms with E-state index in [1.807, 2.05) is 24.3 Å². The molecule has 2 nitrogen and oxygen atoms in total. The molecule has 0 heterocycles. The van der Waals surface area contributed by atoms with Crippen LogP contribution in [0.3, 0.4) is 0 Å². The number of halogens is 1. The Morgan fingerprint density at radius 3 is 2.64 bits per heavy atom. The summed E-state index contributed by atoms with van der Waals surface area (Å²) >= 11 is 7.22. The molecule has 0 spiro atoms. The highest BCUT2D eigenvalue weighted by Crippen LogP contribution is 2.20. The van der Waals surface area contributed by atoms with Gasteiger partial charge in [-0.3, -0.25) is 4.79 Å². The average Bonchev–Trinajstić information content (AvgIpc) is 2.17. The van der Waals surface area contributed by atoms with Gasteiger partial charge in [-0.15, -0.1) is 11.8 Å². The number of Topliss-reactive ketones (excluding diaryl/α,β-unsaturated/α-hetero) is 1. The number of benzene rings is 1. The fourth-order valence-electron chi connectivity index (χ4n) is 0.897. The summed E-state index contributed by atoms with van der Waals surface area (Å²) in [7, 11) is 1.52. The van der Waals surface area contributed by atoms with E-state index in [1.54, 1.807) is 0 Å². The summed E-state index contributed by atoms with van der Waals surface area (Å²) in [6.45, 7) is 0.181. The van der Waals surface area contributed by atoms with Gasteiger partial charge in [-0.1, -0.05) is 11.6 Å². The van der Waals surface area contributed by atoms with Crippen LogP contribution in [0.1, 0.15) is 0 Å². The molecule has 0 aliphatic rings. The van der Waals surface area contributed by atoms with Gasteiger partial charge in [0.05, 0.1) is 5.75 Å². The number of methoxy groups -OCH3 is 1. The molecular formula is C10H11ClO2S. The van der Waals surface area contributed by atoms with E-state index < -0.39 is 0 Å². The lowest BCUT2D eigenvalue weighted by atomic mass is 10.4. The number of carbonyl (C=O) groups is 1. The fourth-order valence-corrected chi connectivity index (χ4v) is 1.76. The largest absolute Gasteiger partial charge is 0.377 e. The lowest BCUT2D eigenvalue weighted by molar-refractivity contribution is -0.120. The number of ether oxygens (including phenoxy) is 1. The summed E-state index contributed by atoms with van der Waals surface area (Å²) in [5.74, 6) is 0.530. The molecule has 0 amide bonds. The van der Waals surface area contributed by atoms with Crippen LogP contribution in [-0.2, 0) is 9.53 Å². The van der Waals surface area contributed by atoms with Crippen LogP contribution in [0.2, 0.25) is 5.02 Å². The zero-order valence-electron chi connectivity index (χ0n) is 7.83. The first kappa shape index (κ1) is 11.6. The molecule has 0 aliphatic heterocycles. The minimum Gasteiger partial charge on any atom is -0.377 e. The van der Waals surface area contributed by atoms with Gasteiger partial charge in [0.25, 0.3) is 0 Å². The van der Waals surface area contributed by atoms with Crippen molar-refractivity contribution in [2.24, 2.45) is 0 Å². The first-order valence-corrected chi connectivity index (χ1v) is 5.47. The molecule has 0 unspecified atom stereocenters. The molecule has 1 aromatic rings. The smallest absolute Gasteiger partial charge is 0.168 e. The lowest BCUT2D eigenvalue weighted by Crippen LogP contribution is -2.08. The second-order valence-electron chi connectivity index (χ2n) is 2.71. The molecule has 0 atom stereocenters. The van der Waals surface area contributed by atoms with E-state index >= 15 is 0 Å². The van der Waals surface area contributed by atoms with E-state index in [0.717, 1.165) is 4.90 Å². The van der Waals surface area contributed by atoms with E-state index in [0.29, 0.717) is 10.8 Å². The van der Waals surface area contributed by atoms with Crippen molar-refractivity contribution in [2.75, 3.05) is 19.5 Å². The molecule has 1 rings (SSSR count). The average molecular weight is 231 g/mol. The molecule has 0 fully saturated rings. The molecule has 0 saturated heterocycles. The maximum atomic E-state index is 11.1. The van der Waals surface area contributed by atoms with Gasteiger partial charge in [0, 0.05) is 17.0 Å². The van der Waals surface area contributed by atoms with Crippen molar-refractivity contribution in [3.05, 3.63) is 29.3 Å². The summed E-state index contributed by atoms with van der Waals surface area (Å²) in [4.78, 5) is 12.2. The zero-order valence-corrected chi connectivity index (χ0v) is 9.40. The molecular weight excluding hydrogens is 220 g/mol. The van der Waals surface area contributed by atoms with Crippen LogP contribution < -0.4 is 0 Å². The van der Waals surface area contributed by atoms with E-state index in [-0.39, 0.29) is 12.4 Å². The van der Waals surface area contributed by atoms with Crippen LogP contribution in [0.5, 0.6) is 0 Å². The normalized spacial score (nSPS) is 10.1. The Hall–Kier alpha value is -0.510. The quantitative estimate of drug-likeness (QED) is 0.728. The van der Waals surface area contributed by atoms with Crippen LogP contribution in [0.4, 0.5) is 0 Å². The SMILES string of the molecule is COCC(=O)CSc1ccc(Cl)cc1. The Morgan fingerprint density at radius 2 is 2.07 bits per heavy atom. The van der Waals surface area contributed by atoms with Gasteiger partial charge in [-0.2, -0.15) is 0 Å². The highest BCUT2D eigenvalue weighted by molar-refractivity contribution is 8.00. The molecule has 0 bridgehead atoms. The predicted molar refractivity (Wildman–Crippen MR) is 59.1 cm³/mol. The Morgan fingerprint density at radius 1 is 1.43 bits per heavy atom. The molecule has 4 heteroatoms. The third kappa shape index (κ3) is 4.13. The first-order chi connectivity index (χ1) is 6.72. The van der Waals surface area contributed by atoms with Crippen molar-refractivity contribution in [1.29, 1.82) is 0 Å². The monoisotopic (exact) mass is 230 g/mol. The molecule has 0 radical (unpaired) electrons. The molecule has 0 aromatic heterocycles. The summed E-state index contributed by atoms with van der Waals surface area (Å²) < 4.78 is 4.73. The summed E-state index contributed by atoms with van der Waals surface area (Å²) in [5.41, 5.74) is 0. The molecule has 0 saturated carbocycles. The van der Waals surface area contributed by atoms with E-state index in [2.05, 4.69) is 0 Å². The van der Waals surface area contributed by atoms with Crippen molar-refractivity contribution in [3.8, 4) is 0 Å². The van der Waals surface area contributed by atoms with Gasteiger partial charge in [0.2, 0.25) is 0 Å². The standard InChI is InChI=1S/C10H11ClO2S/c1-13-6-9(12)7-14-10-4-2-8(11)3-5-10/h2-5H,6-7H2,1H3. The Bertz CT molecular complexity index is 297. The van der Waals surface area contributed by atoms with Crippen molar-refractivity contribution >= 4 is 29.1 Å². The van der Waals surface area contributed by atoms with Crippen LogP contribution in [0, 0.1) is 0 Å². The summed E-state index contributed by atoms with van der Waals surface area (Å²) in [5, 5.41) is 0.706. The van der Waals surface area contributed by atoms with Crippen molar-refractivity contribution < 1.29 is 9.53 Å². The maximum Gasteiger partial charge on any atom is 0.168 e. The Labute approximate surface area is 92.6 Å². The molecule has 0 aliphatic carbocycles. The molecule has 76 valence electrons. The topological polar surface area (TPSA) is 26.3 Å². The Balaban J connectivity index is 2.38. The van der Waals surface area contributed by atoms with Gasteiger partial charge < -0.3 is 4.74 Å². The van der Waals surface area contributed by atoms with Crippen LogP contribution >= 0.6 is 23.4 Å². The van der Waals surface area contributed by atoms with E-state index in [4.69, 9.17) is 16.3 Å². The van der Waals surface area contributed by atoms with Crippen molar-refractivity contribution in [2.45, 2.75) is 4.90 Å². The van der Waals surface area contributed by atoms with Gasteiger partial charge >= 0.3 is 0 Å². The Kier molecular flexibility index (Phi) is 5.01. The molecule has 0 N–H and O–H groups in total. The first-order valence-electron chi connectivity index (χ1n) is 4.11. The van der Waals surface area contributed by atoms with Gasteiger partial charge in [0.15, 0.2) is 5.78 Å². The molecule has 1 aromatic carbocycles. The van der Waals surface area contributed by atoms with Crippen molar-refractivity contribution in [1.82, 2.24) is 0 Å². The number of hydrogen-bond donors (Lipinski definition) is 0. The van der Waals surface area contributed by atoms with Crippen LogP contribution in [0.15, 0.2) is 29.2 Å². The zero-order chi connectivity index (χ0) is 10.4. The minimum atomic E-state index is 0.0902. The third-order valence-electron chi connectivity index (χ3n) is 1.52. The van der Waals surface area contributed by atoms with Crippen LogP contribution in [-0.4, -0.2) is 25.3 Å². The van der Waals surface area contributed by atoms with Gasteiger partial charge in [-0.25, -0.2) is 0 Å². The second kappa shape index (κ2) is 6.06.